The Kier molecular flexibility index (Phi) is 7.35. The molecule has 0 spiro atoms. The van der Waals surface area contributed by atoms with Gasteiger partial charge in [-0.25, -0.2) is 9.78 Å². The Morgan fingerprint density at radius 1 is 1.34 bits per heavy atom. The van der Waals surface area contributed by atoms with Gasteiger partial charge in [-0.2, -0.15) is 0 Å². The number of hydrogen-bond acceptors (Lipinski definition) is 9. The van der Waals surface area contributed by atoms with Crippen molar-refractivity contribution < 1.29 is 29.4 Å². The minimum absolute atomic E-state index is 0.145. The van der Waals surface area contributed by atoms with Crippen LogP contribution in [-0.4, -0.2) is 77.0 Å². The first kappa shape index (κ1) is 25.0. The first-order valence-electron chi connectivity index (χ1n) is 10.1. The highest BCUT2D eigenvalue weighted by molar-refractivity contribution is 8.01. The van der Waals surface area contributed by atoms with Gasteiger partial charge in [0, 0.05) is 16.5 Å². The molecule has 0 radical (unpaired) electrons. The smallest absolute Gasteiger partial charge is 0.352 e. The summed E-state index contributed by atoms with van der Waals surface area (Å²) in [7, 11) is 0. The second-order valence-corrected chi connectivity index (χ2v) is 10.0. The van der Waals surface area contributed by atoms with Gasteiger partial charge < -0.3 is 21.3 Å². The molecule has 35 heavy (non-hydrogen) atoms. The van der Waals surface area contributed by atoms with Crippen molar-refractivity contribution in [1.82, 2.24) is 25.4 Å². The molecule has 2 aliphatic rings. The van der Waals surface area contributed by atoms with Gasteiger partial charge in [-0.3, -0.25) is 24.4 Å². The van der Waals surface area contributed by atoms with Gasteiger partial charge >= 0.3 is 11.9 Å². The first-order valence-corrected chi connectivity index (χ1v) is 12.5. The second-order valence-electron chi connectivity index (χ2n) is 7.58. The molecular weight excluding hydrogens is 520 g/mol. The number of aliphatic carboxylic acids is 2. The van der Waals surface area contributed by atoms with E-state index in [0.717, 1.165) is 16.7 Å². The largest absolute Gasteiger partial charge is 0.481 e. The summed E-state index contributed by atoms with van der Waals surface area (Å²) in [6.07, 6.45) is -0.316. The number of aromatic amines is 1. The van der Waals surface area contributed by atoms with Crippen LogP contribution in [-0.2, 0) is 25.6 Å². The number of hydrogen-bond donors (Lipinski definition) is 5. The van der Waals surface area contributed by atoms with Crippen molar-refractivity contribution in [2.24, 2.45) is 5.73 Å². The van der Waals surface area contributed by atoms with E-state index in [0.29, 0.717) is 21.9 Å². The van der Waals surface area contributed by atoms with Crippen LogP contribution in [0.4, 0.5) is 0 Å². The molecule has 4 rings (SSSR count). The van der Waals surface area contributed by atoms with Crippen molar-refractivity contribution >= 4 is 58.9 Å². The molecule has 184 valence electrons. The summed E-state index contributed by atoms with van der Waals surface area (Å²) in [4.78, 5) is 53.5. The fraction of sp³-hybridized carbons (Fsp3) is 0.300. The summed E-state index contributed by atoms with van der Waals surface area (Å²) >= 11 is 8.54. The van der Waals surface area contributed by atoms with Gasteiger partial charge in [-0.1, -0.05) is 41.6 Å². The highest BCUT2D eigenvalue weighted by Gasteiger charge is 2.54. The minimum atomic E-state index is -1.27. The van der Waals surface area contributed by atoms with E-state index in [1.807, 2.05) is 0 Å². The Labute approximate surface area is 211 Å². The number of carbonyl (C=O) groups is 4. The quantitative estimate of drug-likeness (QED) is 0.222. The van der Waals surface area contributed by atoms with Crippen LogP contribution in [0.5, 0.6) is 0 Å². The maximum atomic E-state index is 12.8. The van der Waals surface area contributed by atoms with Gasteiger partial charge in [0.1, 0.15) is 35.4 Å². The third-order valence-corrected chi connectivity index (χ3v) is 7.89. The van der Waals surface area contributed by atoms with E-state index in [4.69, 9.17) is 22.4 Å². The van der Waals surface area contributed by atoms with Crippen LogP contribution in [0.15, 0.2) is 40.7 Å². The molecule has 15 heteroatoms. The SMILES string of the molecule is NC(C(=O)NC1C(=O)N2C(C(=O)O)=C(CSc3n[nH]c(CC(=O)O)n3)CS[C@@H]12)c1ccccc1Cl. The maximum Gasteiger partial charge on any atom is 0.352 e. The van der Waals surface area contributed by atoms with E-state index in [1.54, 1.807) is 24.3 Å². The molecule has 1 saturated heterocycles. The molecule has 3 heterocycles. The average molecular weight is 539 g/mol. The molecule has 6 N–H and O–H groups in total. The number of fused-ring (bicyclic) bond motifs is 1. The van der Waals surface area contributed by atoms with Gasteiger partial charge in [-0.15, -0.1) is 16.9 Å². The van der Waals surface area contributed by atoms with E-state index >= 15 is 0 Å². The molecule has 12 nitrogen and oxygen atoms in total. The predicted molar refractivity (Wildman–Crippen MR) is 127 cm³/mol. The van der Waals surface area contributed by atoms with Gasteiger partial charge in [-0.05, 0) is 17.2 Å². The van der Waals surface area contributed by atoms with Gasteiger partial charge in [0.05, 0.1) is 0 Å². The molecule has 0 bridgehead atoms. The Balaban J connectivity index is 1.43. The zero-order chi connectivity index (χ0) is 25.3. The van der Waals surface area contributed by atoms with E-state index in [9.17, 15) is 24.3 Å². The summed E-state index contributed by atoms with van der Waals surface area (Å²) in [6, 6.07) is 4.60. The normalized spacial score (nSPS) is 20.2. The van der Waals surface area contributed by atoms with Crippen molar-refractivity contribution in [3.63, 3.8) is 0 Å². The molecule has 2 aromatic rings. The predicted octanol–water partition coefficient (Wildman–Crippen LogP) is 0.616. The van der Waals surface area contributed by atoms with Crippen molar-refractivity contribution in [1.29, 1.82) is 0 Å². The Bertz CT molecular complexity index is 1240. The number of rotatable bonds is 9. The summed E-state index contributed by atoms with van der Waals surface area (Å²) < 4.78 is 0. The Hall–Kier alpha value is -3.07. The molecule has 0 aliphatic carbocycles. The fourth-order valence-corrected chi connectivity index (χ4v) is 6.18. The fourth-order valence-electron chi connectivity index (χ4n) is 3.62. The number of nitrogens with one attached hydrogen (secondary N) is 2. The van der Waals surface area contributed by atoms with Crippen LogP contribution in [0.3, 0.4) is 0 Å². The summed E-state index contributed by atoms with van der Waals surface area (Å²) in [5, 5.41) is 27.7. The standard InChI is InChI=1S/C20H19ClN6O6S2/c21-10-4-2-1-3-9(10)13(22)16(30)24-14-17(31)27-15(19(32)33)8(6-34-18(14)27)7-35-20-23-11(25-26-20)5-12(28)29/h1-4,13-14,18H,5-7,22H2,(H,24,30)(H,28,29)(H,32,33)(H,23,25,26)/t13?,14?,18-/m0/s1. The number of thioether (sulfide) groups is 2. The molecule has 2 aliphatic heterocycles. The zero-order valence-corrected chi connectivity index (χ0v) is 20.2. The topological polar surface area (TPSA) is 192 Å². The van der Waals surface area contributed by atoms with Crippen molar-refractivity contribution in [2.45, 2.75) is 29.0 Å². The van der Waals surface area contributed by atoms with Gasteiger partial charge in [0.25, 0.3) is 5.91 Å². The zero-order valence-electron chi connectivity index (χ0n) is 17.8. The number of amides is 2. The van der Waals surface area contributed by atoms with Gasteiger partial charge in [0.15, 0.2) is 0 Å². The third-order valence-electron chi connectivity index (χ3n) is 5.28. The number of halogens is 1. The van der Waals surface area contributed by atoms with E-state index in [1.165, 1.54) is 11.8 Å². The minimum Gasteiger partial charge on any atom is -0.481 e. The molecule has 2 amide bonds. The van der Waals surface area contributed by atoms with Crippen LogP contribution in [0.2, 0.25) is 5.02 Å². The number of aromatic nitrogens is 3. The summed E-state index contributed by atoms with van der Waals surface area (Å²) in [6.45, 7) is 0. The molecule has 0 saturated carbocycles. The lowest BCUT2D eigenvalue weighted by atomic mass is 10.0. The Morgan fingerprint density at radius 3 is 2.77 bits per heavy atom. The monoisotopic (exact) mass is 538 g/mol. The molecule has 2 unspecified atom stereocenters. The van der Waals surface area contributed by atoms with Crippen LogP contribution < -0.4 is 11.1 Å². The summed E-state index contributed by atoms with van der Waals surface area (Å²) in [5.74, 6) is -2.81. The van der Waals surface area contributed by atoms with Crippen LogP contribution >= 0.6 is 35.1 Å². The highest BCUT2D eigenvalue weighted by atomic mass is 35.5. The number of nitrogens with zero attached hydrogens (tertiary/aromatic N) is 3. The molecule has 1 aromatic carbocycles. The van der Waals surface area contributed by atoms with Crippen molar-refractivity contribution in [3.8, 4) is 0 Å². The van der Waals surface area contributed by atoms with E-state index in [2.05, 4.69) is 20.5 Å². The average Bonchev–Trinajstić information content (AvgIpc) is 3.26. The molecule has 3 atom stereocenters. The Morgan fingerprint density at radius 2 is 2.09 bits per heavy atom. The number of carbonyl (C=O) groups excluding carboxylic acids is 2. The third kappa shape index (κ3) is 5.15. The molecule has 1 fully saturated rings. The second kappa shape index (κ2) is 10.3. The lowest BCUT2D eigenvalue weighted by Gasteiger charge is -2.49. The number of H-pyrrole nitrogens is 1. The van der Waals surface area contributed by atoms with Crippen LogP contribution in [0.1, 0.15) is 17.4 Å². The number of carboxylic acid groups (broad SMARTS) is 2. The van der Waals surface area contributed by atoms with Crippen molar-refractivity contribution in [2.75, 3.05) is 11.5 Å². The number of carboxylic acids is 2. The number of benzene rings is 1. The van der Waals surface area contributed by atoms with E-state index < -0.39 is 41.2 Å². The van der Waals surface area contributed by atoms with Gasteiger partial charge in [0.2, 0.25) is 11.1 Å². The van der Waals surface area contributed by atoms with Crippen molar-refractivity contribution in [3.05, 3.63) is 51.9 Å². The van der Waals surface area contributed by atoms with Crippen LogP contribution in [0, 0.1) is 0 Å². The first-order chi connectivity index (χ1) is 16.7. The lowest BCUT2D eigenvalue weighted by Crippen LogP contribution is -2.71. The molecular formula is C20H19ClN6O6S2. The lowest BCUT2D eigenvalue weighted by molar-refractivity contribution is -0.150. The number of nitrogens with two attached hydrogens (primary N) is 1. The maximum absolute atomic E-state index is 12.8. The molecule has 1 aromatic heterocycles. The number of β-lactam (4-membered cyclic amide) rings is 1. The highest BCUT2D eigenvalue weighted by Crippen LogP contribution is 2.41. The summed E-state index contributed by atoms with van der Waals surface area (Å²) in [5.41, 5.74) is 6.77. The van der Waals surface area contributed by atoms with E-state index in [-0.39, 0.29) is 28.9 Å². The van der Waals surface area contributed by atoms with Crippen LogP contribution in [0.25, 0.3) is 0 Å².